The van der Waals surface area contributed by atoms with Gasteiger partial charge in [-0.15, -0.1) is 0 Å². The molecule has 0 saturated heterocycles. The number of rotatable bonds is 3. The summed E-state index contributed by atoms with van der Waals surface area (Å²) in [5, 5.41) is 8.41. The van der Waals surface area contributed by atoms with E-state index in [1.54, 1.807) is 0 Å². The van der Waals surface area contributed by atoms with E-state index < -0.39 is 0 Å². The molecule has 4 nitrogen and oxygen atoms in total. The van der Waals surface area contributed by atoms with Gasteiger partial charge in [-0.1, -0.05) is 49.6 Å². The van der Waals surface area contributed by atoms with Crippen molar-refractivity contribution in [3.05, 3.63) is 47.8 Å². The minimum Gasteiger partial charge on any atom is -0.367 e. The zero-order valence-corrected chi connectivity index (χ0v) is 14.4. The molecule has 1 aliphatic carbocycles. The van der Waals surface area contributed by atoms with Crippen molar-refractivity contribution in [2.24, 2.45) is 0 Å². The smallest absolute Gasteiger partial charge is 0.165 e. The Morgan fingerprint density at radius 1 is 1.04 bits per heavy atom. The normalized spacial score (nSPS) is 15.8. The highest BCUT2D eigenvalue weighted by atomic mass is 15.3. The second-order valence-electron chi connectivity index (χ2n) is 6.81. The zero-order chi connectivity index (χ0) is 16.5. The number of nitrogens with zero attached hydrogens (tertiary/aromatic N) is 3. The first-order valence-corrected chi connectivity index (χ1v) is 8.91. The highest BCUT2D eigenvalue weighted by Crippen LogP contribution is 2.29. The maximum Gasteiger partial charge on any atom is 0.165 e. The van der Waals surface area contributed by atoms with Crippen molar-refractivity contribution in [2.45, 2.75) is 52.0 Å². The molecule has 2 aromatic heterocycles. The number of fused-ring (bicyclic) bond motifs is 1. The van der Waals surface area contributed by atoms with Crippen LogP contribution in [0.3, 0.4) is 0 Å². The molecule has 1 N–H and O–H groups in total. The highest BCUT2D eigenvalue weighted by molar-refractivity contribution is 5.78. The third-order valence-corrected chi connectivity index (χ3v) is 5.16. The first-order valence-electron chi connectivity index (χ1n) is 8.91. The van der Waals surface area contributed by atoms with Gasteiger partial charge < -0.3 is 5.32 Å². The van der Waals surface area contributed by atoms with Gasteiger partial charge in [0.1, 0.15) is 5.82 Å². The SMILES string of the molecule is Cc1nc2c(-c3ccccc3)cnn2c(NC2CCCCC2)c1C. The van der Waals surface area contributed by atoms with Crippen LogP contribution in [0.25, 0.3) is 16.8 Å². The molecule has 1 fully saturated rings. The first-order chi connectivity index (χ1) is 11.7. The lowest BCUT2D eigenvalue weighted by atomic mass is 9.95. The van der Waals surface area contributed by atoms with Crippen molar-refractivity contribution < 1.29 is 0 Å². The fraction of sp³-hybridized carbons (Fsp3) is 0.400. The number of benzene rings is 1. The van der Waals surface area contributed by atoms with Gasteiger partial charge in [-0.2, -0.15) is 9.61 Å². The Bertz CT molecular complexity index is 845. The maximum atomic E-state index is 4.83. The van der Waals surface area contributed by atoms with E-state index >= 15 is 0 Å². The summed E-state index contributed by atoms with van der Waals surface area (Å²) in [6.45, 7) is 4.22. The van der Waals surface area contributed by atoms with Gasteiger partial charge in [-0.05, 0) is 32.3 Å². The standard InChI is InChI=1S/C20H24N4/c1-14-15(2)22-20-18(16-9-5-3-6-10-16)13-21-24(20)19(14)23-17-11-7-4-8-12-17/h3,5-6,9-10,13,17,23H,4,7-8,11-12H2,1-2H3. The minimum atomic E-state index is 0.548. The summed E-state index contributed by atoms with van der Waals surface area (Å²) in [5.74, 6) is 1.10. The molecule has 0 atom stereocenters. The fourth-order valence-corrected chi connectivity index (χ4v) is 3.62. The van der Waals surface area contributed by atoms with Gasteiger partial charge in [0, 0.05) is 22.9 Å². The van der Waals surface area contributed by atoms with E-state index in [0.717, 1.165) is 28.3 Å². The Labute approximate surface area is 142 Å². The van der Waals surface area contributed by atoms with Crippen LogP contribution < -0.4 is 5.32 Å². The average Bonchev–Trinajstić information content (AvgIpc) is 3.04. The summed E-state index contributed by atoms with van der Waals surface area (Å²) in [5.41, 5.74) is 5.44. The van der Waals surface area contributed by atoms with E-state index in [-0.39, 0.29) is 0 Å². The van der Waals surface area contributed by atoms with Crippen molar-refractivity contribution in [1.82, 2.24) is 14.6 Å². The number of aryl methyl sites for hydroxylation is 1. The van der Waals surface area contributed by atoms with Crippen molar-refractivity contribution in [3.8, 4) is 11.1 Å². The Hall–Kier alpha value is -2.36. The molecule has 1 saturated carbocycles. The summed E-state index contributed by atoms with van der Waals surface area (Å²) in [6, 6.07) is 10.9. The van der Waals surface area contributed by atoms with Crippen LogP contribution in [0.1, 0.15) is 43.4 Å². The van der Waals surface area contributed by atoms with Crippen LogP contribution in [0.2, 0.25) is 0 Å². The van der Waals surface area contributed by atoms with Gasteiger partial charge in [0.15, 0.2) is 5.65 Å². The number of hydrogen-bond acceptors (Lipinski definition) is 3. The summed E-state index contributed by atoms with van der Waals surface area (Å²) < 4.78 is 1.99. The molecular formula is C20H24N4. The summed E-state index contributed by atoms with van der Waals surface area (Å²) in [4.78, 5) is 4.83. The van der Waals surface area contributed by atoms with E-state index in [1.807, 2.05) is 16.8 Å². The quantitative estimate of drug-likeness (QED) is 0.756. The minimum absolute atomic E-state index is 0.548. The number of aromatic nitrogens is 3. The van der Waals surface area contributed by atoms with E-state index in [4.69, 9.17) is 4.98 Å². The molecule has 0 radical (unpaired) electrons. The molecule has 24 heavy (non-hydrogen) atoms. The average molecular weight is 320 g/mol. The van der Waals surface area contributed by atoms with E-state index in [2.05, 4.69) is 48.5 Å². The molecule has 2 heterocycles. The molecule has 0 amide bonds. The van der Waals surface area contributed by atoms with Gasteiger partial charge >= 0.3 is 0 Å². The molecule has 0 aliphatic heterocycles. The topological polar surface area (TPSA) is 42.2 Å². The molecule has 4 heteroatoms. The molecule has 3 aromatic rings. The molecule has 0 unspecified atom stereocenters. The molecule has 1 aliphatic rings. The predicted octanol–water partition coefficient (Wildman–Crippen LogP) is 4.76. The Morgan fingerprint density at radius 2 is 1.79 bits per heavy atom. The third kappa shape index (κ3) is 2.66. The molecular weight excluding hydrogens is 296 g/mol. The molecule has 4 rings (SSSR count). The second kappa shape index (κ2) is 6.27. The van der Waals surface area contributed by atoms with Gasteiger partial charge in [0.05, 0.1) is 6.20 Å². The molecule has 1 aromatic carbocycles. The third-order valence-electron chi connectivity index (χ3n) is 5.16. The van der Waals surface area contributed by atoms with E-state index in [9.17, 15) is 0 Å². The van der Waals surface area contributed by atoms with Gasteiger partial charge in [0.25, 0.3) is 0 Å². The van der Waals surface area contributed by atoms with Crippen LogP contribution in [-0.2, 0) is 0 Å². The van der Waals surface area contributed by atoms with Gasteiger partial charge in [-0.3, -0.25) is 0 Å². The highest BCUT2D eigenvalue weighted by Gasteiger charge is 2.19. The lowest BCUT2D eigenvalue weighted by Crippen LogP contribution is -2.24. The molecule has 124 valence electrons. The number of hydrogen-bond donors (Lipinski definition) is 1. The van der Waals surface area contributed by atoms with Crippen LogP contribution in [0.15, 0.2) is 36.5 Å². The molecule has 0 spiro atoms. The Kier molecular flexibility index (Phi) is 3.97. The van der Waals surface area contributed by atoms with Crippen LogP contribution in [0.5, 0.6) is 0 Å². The van der Waals surface area contributed by atoms with Crippen LogP contribution >= 0.6 is 0 Å². The Balaban J connectivity index is 1.81. The lowest BCUT2D eigenvalue weighted by molar-refractivity contribution is 0.461. The second-order valence-corrected chi connectivity index (χ2v) is 6.81. The Morgan fingerprint density at radius 3 is 2.54 bits per heavy atom. The first kappa shape index (κ1) is 15.2. The van der Waals surface area contributed by atoms with Crippen LogP contribution in [-0.4, -0.2) is 20.6 Å². The van der Waals surface area contributed by atoms with Crippen LogP contribution in [0, 0.1) is 13.8 Å². The largest absolute Gasteiger partial charge is 0.367 e. The van der Waals surface area contributed by atoms with Crippen molar-refractivity contribution >= 4 is 11.5 Å². The van der Waals surface area contributed by atoms with E-state index in [1.165, 1.54) is 37.7 Å². The van der Waals surface area contributed by atoms with Gasteiger partial charge in [0.2, 0.25) is 0 Å². The predicted molar refractivity (Wildman–Crippen MR) is 98.4 cm³/mol. The number of anilines is 1. The van der Waals surface area contributed by atoms with Crippen molar-refractivity contribution in [2.75, 3.05) is 5.32 Å². The van der Waals surface area contributed by atoms with Crippen LogP contribution in [0.4, 0.5) is 5.82 Å². The monoisotopic (exact) mass is 320 g/mol. The fourth-order valence-electron chi connectivity index (χ4n) is 3.62. The van der Waals surface area contributed by atoms with E-state index in [0.29, 0.717) is 6.04 Å². The lowest BCUT2D eigenvalue weighted by Gasteiger charge is -2.25. The summed E-state index contributed by atoms with van der Waals surface area (Å²) in [7, 11) is 0. The molecule has 0 bridgehead atoms. The van der Waals surface area contributed by atoms with Gasteiger partial charge in [-0.25, -0.2) is 4.98 Å². The maximum absolute atomic E-state index is 4.83. The number of nitrogens with one attached hydrogen (secondary N) is 1. The van der Waals surface area contributed by atoms with Crippen molar-refractivity contribution in [3.63, 3.8) is 0 Å². The summed E-state index contributed by atoms with van der Waals surface area (Å²) in [6.07, 6.45) is 8.42. The zero-order valence-electron chi connectivity index (χ0n) is 14.4. The summed E-state index contributed by atoms with van der Waals surface area (Å²) >= 11 is 0. The van der Waals surface area contributed by atoms with Crippen molar-refractivity contribution in [1.29, 1.82) is 0 Å².